The summed E-state index contributed by atoms with van der Waals surface area (Å²) in [6, 6.07) is 10.0. The Hall–Kier alpha value is -1.61. The van der Waals surface area contributed by atoms with Gasteiger partial charge in [0.25, 0.3) is 0 Å². The molecule has 0 saturated heterocycles. The molecule has 1 unspecified atom stereocenters. The summed E-state index contributed by atoms with van der Waals surface area (Å²) < 4.78 is 1.94. The van der Waals surface area contributed by atoms with E-state index >= 15 is 0 Å². The van der Waals surface area contributed by atoms with Gasteiger partial charge in [0, 0.05) is 18.3 Å². The highest BCUT2D eigenvalue weighted by atomic mass is 15.3. The third-order valence-electron chi connectivity index (χ3n) is 2.62. The van der Waals surface area contributed by atoms with E-state index in [0.717, 1.165) is 24.1 Å². The highest BCUT2D eigenvalue weighted by Crippen LogP contribution is 2.18. The van der Waals surface area contributed by atoms with E-state index in [4.69, 9.17) is 5.73 Å². The second kappa shape index (κ2) is 4.94. The van der Waals surface area contributed by atoms with Crippen molar-refractivity contribution >= 4 is 0 Å². The molecule has 0 radical (unpaired) electrons. The van der Waals surface area contributed by atoms with Gasteiger partial charge < -0.3 is 5.73 Å². The van der Waals surface area contributed by atoms with Gasteiger partial charge >= 0.3 is 0 Å². The van der Waals surface area contributed by atoms with E-state index in [2.05, 4.69) is 12.0 Å². The Labute approximate surface area is 95.9 Å². The molecule has 3 heteroatoms. The fraction of sp³-hybridized carbons (Fsp3) is 0.308. The molecule has 84 valence electrons. The molecule has 2 rings (SSSR count). The fourth-order valence-corrected chi connectivity index (χ4v) is 1.74. The van der Waals surface area contributed by atoms with Gasteiger partial charge in [0.1, 0.15) is 0 Å². The van der Waals surface area contributed by atoms with Crippen molar-refractivity contribution in [2.45, 2.75) is 25.9 Å². The topological polar surface area (TPSA) is 43.8 Å². The maximum atomic E-state index is 6.17. The molecular formula is C13H17N3. The summed E-state index contributed by atoms with van der Waals surface area (Å²) in [6.07, 6.45) is 4.97. The molecule has 1 atom stereocenters. The first-order valence-corrected chi connectivity index (χ1v) is 5.64. The molecule has 0 fully saturated rings. The van der Waals surface area contributed by atoms with Crippen LogP contribution in [0.15, 0.2) is 42.7 Å². The van der Waals surface area contributed by atoms with Gasteiger partial charge in [0.05, 0.1) is 12.2 Å². The molecule has 3 nitrogen and oxygen atoms in total. The molecule has 1 heterocycles. The summed E-state index contributed by atoms with van der Waals surface area (Å²) >= 11 is 0. The van der Waals surface area contributed by atoms with Gasteiger partial charge in [-0.2, -0.15) is 5.10 Å². The molecule has 0 aliphatic heterocycles. The van der Waals surface area contributed by atoms with Crippen molar-refractivity contribution in [2.75, 3.05) is 0 Å². The lowest BCUT2D eigenvalue weighted by molar-refractivity contribution is 0.602. The Bertz CT molecular complexity index is 433. The van der Waals surface area contributed by atoms with Gasteiger partial charge in [-0.3, -0.25) is 4.68 Å². The number of rotatable bonds is 4. The van der Waals surface area contributed by atoms with Crippen molar-refractivity contribution in [2.24, 2.45) is 5.73 Å². The number of nitrogens with zero attached hydrogens (tertiary/aromatic N) is 2. The molecule has 1 aromatic carbocycles. The summed E-state index contributed by atoms with van der Waals surface area (Å²) in [7, 11) is 0. The van der Waals surface area contributed by atoms with Crippen LogP contribution >= 0.6 is 0 Å². The van der Waals surface area contributed by atoms with E-state index in [-0.39, 0.29) is 6.04 Å². The van der Waals surface area contributed by atoms with Crippen LogP contribution < -0.4 is 5.73 Å². The highest BCUT2D eigenvalue weighted by molar-refractivity contribution is 5.28. The molecule has 16 heavy (non-hydrogen) atoms. The first kappa shape index (κ1) is 10.9. The van der Waals surface area contributed by atoms with Crippen LogP contribution in [-0.4, -0.2) is 9.78 Å². The molecular weight excluding hydrogens is 198 g/mol. The number of nitrogens with two attached hydrogens (primary N) is 1. The van der Waals surface area contributed by atoms with Crippen molar-refractivity contribution in [3.05, 3.63) is 53.9 Å². The molecule has 0 spiro atoms. The average molecular weight is 215 g/mol. The Morgan fingerprint density at radius 2 is 2.00 bits per heavy atom. The van der Waals surface area contributed by atoms with Gasteiger partial charge in [0.15, 0.2) is 0 Å². The SMILES string of the molecule is CCCn1cc(C(N)c2ccccc2)cn1. The third-order valence-corrected chi connectivity index (χ3v) is 2.62. The van der Waals surface area contributed by atoms with Crippen molar-refractivity contribution in [3.8, 4) is 0 Å². The summed E-state index contributed by atoms with van der Waals surface area (Å²) in [5.74, 6) is 0. The lowest BCUT2D eigenvalue weighted by Crippen LogP contribution is -2.10. The predicted octanol–water partition coefficient (Wildman–Crippen LogP) is 2.34. The lowest BCUT2D eigenvalue weighted by atomic mass is 10.0. The van der Waals surface area contributed by atoms with Crippen LogP contribution in [0.25, 0.3) is 0 Å². The molecule has 2 aromatic rings. The van der Waals surface area contributed by atoms with E-state index in [1.165, 1.54) is 0 Å². The number of hydrogen-bond donors (Lipinski definition) is 1. The van der Waals surface area contributed by atoms with Crippen LogP contribution in [0, 0.1) is 0 Å². The van der Waals surface area contributed by atoms with Crippen LogP contribution in [0.3, 0.4) is 0 Å². The zero-order valence-electron chi connectivity index (χ0n) is 9.50. The lowest BCUT2D eigenvalue weighted by Gasteiger charge is -2.08. The zero-order valence-corrected chi connectivity index (χ0v) is 9.50. The number of aromatic nitrogens is 2. The second-order valence-electron chi connectivity index (χ2n) is 3.93. The maximum Gasteiger partial charge on any atom is 0.0582 e. The molecule has 2 N–H and O–H groups in total. The summed E-state index contributed by atoms with van der Waals surface area (Å²) in [5, 5.41) is 4.29. The molecule has 0 aliphatic carbocycles. The van der Waals surface area contributed by atoms with E-state index < -0.39 is 0 Å². The van der Waals surface area contributed by atoms with Gasteiger partial charge in [-0.1, -0.05) is 37.3 Å². The average Bonchev–Trinajstić information content (AvgIpc) is 2.78. The van der Waals surface area contributed by atoms with Crippen molar-refractivity contribution in [3.63, 3.8) is 0 Å². The van der Waals surface area contributed by atoms with E-state index in [1.807, 2.05) is 47.4 Å². The van der Waals surface area contributed by atoms with E-state index in [1.54, 1.807) is 0 Å². The van der Waals surface area contributed by atoms with Crippen LogP contribution in [0.1, 0.15) is 30.5 Å². The van der Waals surface area contributed by atoms with Crippen molar-refractivity contribution < 1.29 is 0 Å². The maximum absolute atomic E-state index is 6.17. The van der Waals surface area contributed by atoms with Crippen LogP contribution in [-0.2, 0) is 6.54 Å². The van der Waals surface area contributed by atoms with Crippen molar-refractivity contribution in [1.82, 2.24) is 9.78 Å². The summed E-state index contributed by atoms with van der Waals surface area (Å²) in [5.41, 5.74) is 8.37. The minimum absolute atomic E-state index is 0.0770. The Kier molecular flexibility index (Phi) is 3.37. The first-order chi connectivity index (χ1) is 7.81. The Morgan fingerprint density at radius 3 is 2.69 bits per heavy atom. The largest absolute Gasteiger partial charge is 0.320 e. The number of benzene rings is 1. The fourth-order valence-electron chi connectivity index (χ4n) is 1.74. The first-order valence-electron chi connectivity index (χ1n) is 5.64. The van der Waals surface area contributed by atoms with Gasteiger partial charge in [-0.25, -0.2) is 0 Å². The molecule has 0 amide bonds. The predicted molar refractivity (Wildman–Crippen MR) is 65.0 cm³/mol. The molecule has 0 bridgehead atoms. The smallest absolute Gasteiger partial charge is 0.0582 e. The van der Waals surface area contributed by atoms with Gasteiger partial charge in [0.2, 0.25) is 0 Å². The Morgan fingerprint density at radius 1 is 1.25 bits per heavy atom. The van der Waals surface area contributed by atoms with E-state index in [9.17, 15) is 0 Å². The quantitative estimate of drug-likeness (QED) is 0.850. The second-order valence-corrected chi connectivity index (χ2v) is 3.93. The third kappa shape index (κ3) is 2.31. The Balaban J connectivity index is 2.17. The van der Waals surface area contributed by atoms with Crippen LogP contribution in [0.4, 0.5) is 0 Å². The summed E-state index contributed by atoms with van der Waals surface area (Å²) in [6.45, 7) is 3.08. The highest BCUT2D eigenvalue weighted by Gasteiger charge is 2.10. The van der Waals surface area contributed by atoms with Crippen molar-refractivity contribution in [1.29, 1.82) is 0 Å². The van der Waals surface area contributed by atoms with Crippen LogP contribution in [0.2, 0.25) is 0 Å². The number of aryl methyl sites for hydroxylation is 1. The van der Waals surface area contributed by atoms with Gasteiger partial charge in [-0.15, -0.1) is 0 Å². The van der Waals surface area contributed by atoms with Gasteiger partial charge in [-0.05, 0) is 12.0 Å². The standard InChI is InChI=1S/C13H17N3/c1-2-8-16-10-12(9-15-16)13(14)11-6-4-3-5-7-11/h3-7,9-10,13H,2,8,14H2,1H3. The monoisotopic (exact) mass is 215 g/mol. The minimum Gasteiger partial charge on any atom is -0.320 e. The number of hydrogen-bond acceptors (Lipinski definition) is 2. The molecule has 0 aliphatic rings. The molecule has 0 saturated carbocycles. The van der Waals surface area contributed by atoms with Crippen LogP contribution in [0.5, 0.6) is 0 Å². The minimum atomic E-state index is -0.0770. The summed E-state index contributed by atoms with van der Waals surface area (Å²) in [4.78, 5) is 0. The van der Waals surface area contributed by atoms with E-state index in [0.29, 0.717) is 0 Å². The normalized spacial score (nSPS) is 12.6. The molecule has 1 aromatic heterocycles. The zero-order chi connectivity index (χ0) is 11.4.